The predicted molar refractivity (Wildman–Crippen MR) is 226 cm³/mol. The van der Waals surface area contributed by atoms with E-state index in [1.165, 1.54) is 9.80 Å². The van der Waals surface area contributed by atoms with Crippen molar-refractivity contribution in [3.05, 3.63) is 69.5 Å². The number of nitrogens with zero attached hydrogens (tertiary/aromatic N) is 4. The highest BCUT2D eigenvalue weighted by Crippen LogP contribution is 2.42. The Morgan fingerprint density at radius 3 is 1.27 bits per heavy atom. The Bertz CT molecular complexity index is 1700. The Kier molecular flexibility index (Phi) is 17.4. The summed E-state index contributed by atoms with van der Waals surface area (Å²) in [4.78, 5) is 84.1. The van der Waals surface area contributed by atoms with Crippen LogP contribution in [0.15, 0.2) is 58.3 Å². The molecule has 4 amide bonds. The Morgan fingerprint density at radius 1 is 0.607 bits per heavy atom. The molecule has 300 valence electrons. The number of hydrogen-bond acceptors (Lipinski definition) is 14. The molecular weight excluding hydrogens is 797 g/mol. The number of thioether (sulfide) groups is 2. The first-order valence-corrected chi connectivity index (χ1v) is 20.7. The molecule has 0 saturated carbocycles. The number of carbonyl (C=O) groups is 6. The topological polar surface area (TPSA) is 158 Å². The Morgan fingerprint density at radius 2 is 0.946 bits per heavy atom. The zero-order valence-corrected chi connectivity index (χ0v) is 35.1. The van der Waals surface area contributed by atoms with Gasteiger partial charge in [-0.1, -0.05) is 75.7 Å². The smallest absolute Gasteiger partial charge is 0.338 e. The Labute approximate surface area is 346 Å². The molecule has 0 aliphatic carbocycles. The van der Waals surface area contributed by atoms with E-state index in [9.17, 15) is 28.8 Å². The van der Waals surface area contributed by atoms with Gasteiger partial charge in [-0.25, -0.2) is 9.59 Å². The van der Waals surface area contributed by atoms with Crippen molar-refractivity contribution in [2.45, 2.75) is 40.5 Å². The molecule has 14 nitrogen and oxygen atoms in total. The number of esters is 2. The van der Waals surface area contributed by atoms with Crippen LogP contribution >= 0.6 is 48.0 Å². The summed E-state index contributed by atoms with van der Waals surface area (Å²) in [5.74, 6) is -2.67. The van der Waals surface area contributed by atoms with Crippen LogP contribution < -0.4 is 10.6 Å². The van der Waals surface area contributed by atoms with Crippen molar-refractivity contribution in [2.24, 2.45) is 0 Å². The number of thiocarbonyl (C=S) groups is 2. The van der Waals surface area contributed by atoms with Crippen molar-refractivity contribution < 1.29 is 38.2 Å². The summed E-state index contributed by atoms with van der Waals surface area (Å²) in [7, 11) is 0. The summed E-state index contributed by atoms with van der Waals surface area (Å²) < 4.78 is 11.1. The zero-order valence-electron chi connectivity index (χ0n) is 31.8. The van der Waals surface area contributed by atoms with Crippen LogP contribution in [-0.4, -0.2) is 129 Å². The van der Waals surface area contributed by atoms with Crippen LogP contribution in [0.4, 0.5) is 11.4 Å². The largest absolute Gasteiger partial charge is 0.461 e. The maximum absolute atomic E-state index is 13.4. The Balaban J connectivity index is 1.22. The third kappa shape index (κ3) is 12.4. The fourth-order valence-electron chi connectivity index (χ4n) is 5.49. The van der Waals surface area contributed by atoms with Crippen LogP contribution in [0.25, 0.3) is 0 Å². The number of carbonyl (C=O) groups excluding carboxylic acids is 6. The van der Waals surface area contributed by atoms with Gasteiger partial charge in [0.1, 0.15) is 21.9 Å². The van der Waals surface area contributed by atoms with E-state index in [0.717, 1.165) is 49.7 Å². The average molecular weight is 843 g/mol. The minimum absolute atomic E-state index is 0.0176. The van der Waals surface area contributed by atoms with Gasteiger partial charge in [0, 0.05) is 50.4 Å². The van der Waals surface area contributed by atoms with Gasteiger partial charge in [0.15, 0.2) is 0 Å². The molecule has 2 N–H and O–H groups in total. The molecule has 56 heavy (non-hydrogen) atoms. The first kappa shape index (κ1) is 44.5. The van der Waals surface area contributed by atoms with Gasteiger partial charge in [0.05, 0.1) is 20.9 Å². The monoisotopic (exact) mass is 842 g/mol. The number of rotatable bonds is 20. The van der Waals surface area contributed by atoms with E-state index in [1.807, 2.05) is 27.7 Å². The first-order valence-electron chi connectivity index (χ1n) is 18.3. The van der Waals surface area contributed by atoms with Crippen LogP contribution in [-0.2, 0) is 28.7 Å². The number of hydrogen-bond donors (Lipinski definition) is 2. The lowest BCUT2D eigenvalue weighted by atomic mass is 10.2. The predicted octanol–water partition coefficient (Wildman–Crippen LogP) is 4.97. The van der Waals surface area contributed by atoms with E-state index in [-0.39, 0.29) is 69.4 Å². The summed E-state index contributed by atoms with van der Waals surface area (Å²) in [6, 6.07) is 12.6. The van der Waals surface area contributed by atoms with Gasteiger partial charge < -0.3 is 29.9 Å². The molecule has 0 spiro atoms. The van der Waals surface area contributed by atoms with Gasteiger partial charge in [-0.3, -0.25) is 29.0 Å². The summed E-state index contributed by atoms with van der Waals surface area (Å²) >= 11 is 12.8. The van der Waals surface area contributed by atoms with Crippen LogP contribution in [0.2, 0.25) is 0 Å². The van der Waals surface area contributed by atoms with Crippen LogP contribution in [0, 0.1) is 0 Å². The van der Waals surface area contributed by atoms with Crippen molar-refractivity contribution in [2.75, 3.05) is 76.2 Å². The molecule has 2 saturated heterocycles. The lowest BCUT2D eigenvalue weighted by Gasteiger charge is -2.17. The lowest BCUT2D eigenvalue weighted by molar-refractivity contribution is -0.125. The summed E-state index contributed by atoms with van der Waals surface area (Å²) in [5.41, 5.74) is 1.65. The van der Waals surface area contributed by atoms with Crippen LogP contribution in [0.1, 0.15) is 61.3 Å². The molecule has 18 heteroatoms. The van der Waals surface area contributed by atoms with E-state index < -0.39 is 23.8 Å². The van der Waals surface area contributed by atoms with Crippen LogP contribution in [0.5, 0.6) is 0 Å². The quantitative estimate of drug-likeness (QED) is 0.105. The molecule has 2 aromatic carbocycles. The van der Waals surface area contributed by atoms with Gasteiger partial charge in [-0.15, -0.1) is 0 Å². The molecule has 4 rings (SSSR count). The fourth-order valence-corrected chi connectivity index (χ4v) is 8.26. The second-order valence-corrected chi connectivity index (χ2v) is 15.7. The van der Waals surface area contributed by atoms with E-state index in [4.69, 9.17) is 33.9 Å². The maximum atomic E-state index is 13.4. The third-order valence-corrected chi connectivity index (χ3v) is 11.9. The number of benzene rings is 2. The zero-order chi connectivity index (χ0) is 40.8. The molecule has 0 radical (unpaired) electrons. The second kappa shape index (κ2) is 21.9. The van der Waals surface area contributed by atoms with Crippen molar-refractivity contribution in [1.82, 2.24) is 19.6 Å². The fraction of sp³-hybridized carbons (Fsp3) is 0.421. The number of nitrogens with one attached hydrogen (secondary N) is 2. The molecule has 0 unspecified atom stereocenters. The highest BCUT2D eigenvalue weighted by molar-refractivity contribution is 8.29. The minimum atomic E-state index is -0.508. The van der Waals surface area contributed by atoms with Gasteiger partial charge in [-0.05, 0) is 74.7 Å². The normalized spacial score (nSPS) is 15.6. The first-order chi connectivity index (χ1) is 26.9. The van der Waals surface area contributed by atoms with E-state index in [1.54, 1.807) is 48.5 Å². The molecule has 0 atom stereocenters. The molecule has 2 fully saturated rings. The summed E-state index contributed by atoms with van der Waals surface area (Å²) in [6.45, 7) is 13.5. The third-order valence-electron chi connectivity index (χ3n) is 8.91. The number of likely N-dealkylation sites (N-methyl/N-ethyl adjacent to an activating group) is 2. The minimum Gasteiger partial charge on any atom is -0.461 e. The van der Waals surface area contributed by atoms with Crippen molar-refractivity contribution in [1.29, 1.82) is 0 Å². The Hall–Kier alpha value is -4.20. The van der Waals surface area contributed by atoms with Gasteiger partial charge in [0.2, 0.25) is 11.8 Å². The van der Waals surface area contributed by atoms with E-state index in [2.05, 4.69) is 20.4 Å². The highest BCUT2D eigenvalue weighted by Gasteiger charge is 2.42. The van der Waals surface area contributed by atoms with Gasteiger partial charge >= 0.3 is 11.9 Å². The van der Waals surface area contributed by atoms with Crippen molar-refractivity contribution in [3.8, 4) is 0 Å². The maximum Gasteiger partial charge on any atom is 0.338 e. The molecule has 2 aromatic rings. The molecular formula is C38H46N6O8S4. The van der Waals surface area contributed by atoms with E-state index >= 15 is 0 Å². The standard InChI is InChI=1S/C38H46N6O8S4/c1-5-41(6-2)21-23-51-35(49)25-9-13-27(14-10-25)39-29(45)17-19-43-33(47)31(55-37(43)53)32-34(48)44(38(54)56-32)20-18-30(46)40-28-15-11-26(12-16-28)36(50)52-24-22-42(7-3)8-4/h9-16H,5-8,17-24H2,1-4H3,(H,39,45)(H,40,46)/b32-31+. The molecule has 2 heterocycles. The summed E-state index contributed by atoms with van der Waals surface area (Å²) in [5, 5.41) is 5.49. The summed E-state index contributed by atoms with van der Waals surface area (Å²) in [6.07, 6.45) is -0.149. The average Bonchev–Trinajstić information content (AvgIpc) is 3.64. The van der Waals surface area contributed by atoms with Gasteiger partial charge in [-0.2, -0.15) is 0 Å². The molecule has 2 aliphatic heterocycles. The second-order valence-electron chi connectivity index (χ2n) is 12.4. The van der Waals surface area contributed by atoms with Crippen molar-refractivity contribution in [3.63, 3.8) is 0 Å². The van der Waals surface area contributed by atoms with Gasteiger partial charge in [0.25, 0.3) is 11.8 Å². The van der Waals surface area contributed by atoms with Crippen LogP contribution in [0.3, 0.4) is 0 Å². The molecule has 0 aromatic heterocycles. The van der Waals surface area contributed by atoms with E-state index in [0.29, 0.717) is 35.6 Å². The lowest BCUT2D eigenvalue weighted by Crippen LogP contribution is -2.33. The molecule has 0 bridgehead atoms. The number of anilines is 2. The number of ether oxygens (including phenoxy) is 2. The number of amides is 4. The molecule has 2 aliphatic rings. The highest BCUT2D eigenvalue weighted by atomic mass is 32.2. The SMILES string of the molecule is CCN(CC)CCOC(=O)c1ccc(NC(=O)CCN2C(=O)/C(=C3\SC(=S)N(CCC(=O)Nc4ccc(C(=O)OCCN(CC)CC)cc4)C3=O)SC2=S)cc1. The van der Waals surface area contributed by atoms with Crippen molar-refractivity contribution >= 4 is 104 Å².